The van der Waals surface area contributed by atoms with Crippen molar-refractivity contribution in [2.24, 2.45) is 11.0 Å². The fourth-order valence-electron chi connectivity index (χ4n) is 3.82. The van der Waals surface area contributed by atoms with Crippen LogP contribution in [0.5, 0.6) is 6.01 Å². The van der Waals surface area contributed by atoms with Crippen LogP contribution in [-0.2, 0) is 4.79 Å². The molecule has 1 fully saturated rings. The van der Waals surface area contributed by atoms with E-state index in [0.717, 1.165) is 11.9 Å². The van der Waals surface area contributed by atoms with Gasteiger partial charge in [-0.3, -0.25) is 4.79 Å². The fourth-order valence-corrected chi connectivity index (χ4v) is 3.82. The van der Waals surface area contributed by atoms with Gasteiger partial charge in [0.1, 0.15) is 17.5 Å². The number of piperidine rings is 1. The van der Waals surface area contributed by atoms with E-state index >= 15 is 0 Å². The molecule has 0 bridgehead atoms. The van der Waals surface area contributed by atoms with Crippen LogP contribution in [0.25, 0.3) is 0 Å². The number of ether oxygens (including phenoxy) is 1. The van der Waals surface area contributed by atoms with Gasteiger partial charge in [0.2, 0.25) is 5.91 Å². The van der Waals surface area contributed by atoms with E-state index in [1.165, 1.54) is 24.3 Å². The number of amides is 1. The summed E-state index contributed by atoms with van der Waals surface area (Å²) >= 11 is 0. The number of rotatable bonds is 4. The van der Waals surface area contributed by atoms with E-state index in [9.17, 15) is 13.6 Å². The molecule has 29 heavy (non-hydrogen) atoms. The SMILES string of the molecule is COc1nccc(N2CCC(C(=O)N3N=CC[C@H]3c3cc(F)cc(F)c3)CC2)n1. The Bertz CT molecular complexity index is 911. The first-order valence-corrected chi connectivity index (χ1v) is 9.48. The second-order valence-corrected chi connectivity index (χ2v) is 7.10. The van der Waals surface area contributed by atoms with Gasteiger partial charge in [0.25, 0.3) is 0 Å². The molecule has 0 saturated carbocycles. The van der Waals surface area contributed by atoms with Crippen molar-refractivity contribution in [3.05, 3.63) is 47.7 Å². The normalized spacial score (nSPS) is 19.6. The van der Waals surface area contributed by atoms with Crippen molar-refractivity contribution in [2.45, 2.75) is 25.3 Å². The molecule has 152 valence electrons. The molecule has 9 heteroatoms. The van der Waals surface area contributed by atoms with Gasteiger partial charge in [-0.1, -0.05) is 0 Å². The highest BCUT2D eigenvalue weighted by molar-refractivity contribution is 5.82. The number of hydrogen-bond acceptors (Lipinski definition) is 6. The lowest BCUT2D eigenvalue weighted by atomic mass is 9.94. The average Bonchev–Trinajstić information content (AvgIpc) is 3.23. The van der Waals surface area contributed by atoms with Crippen molar-refractivity contribution in [1.29, 1.82) is 0 Å². The second-order valence-electron chi connectivity index (χ2n) is 7.10. The molecule has 1 atom stereocenters. The highest BCUT2D eigenvalue weighted by Crippen LogP contribution is 2.33. The molecule has 0 radical (unpaired) electrons. The Hall–Kier alpha value is -3.10. The second kappa shape index (κ2) is 8.10. The third-order valence-electron chi connectivity index (χ3n) is 5.29. The summed E-state index contributed by atoms with van der Waals surface area (Å²) < 4.78 is 32.3. The number of hydrazone groups is 1. The van der Waals surface area contributed by atoms with Crippen LogP contribution in [-0.4, -0.2) is 47.3 Å². The summed E-state index contributed by atoms with van der Waals surface area (Å²) in [7, 11) is 1.52. The summed E-state index contributed by atoms with van der Waals surface area (Å²) in [6, 6.07) is 4.98. The molecule has 1 saturated heterocycles. The van der Waals surface area contributed by atoms with Crippen LogP contribution in [0.3, 0.4) is 0 Å². The van der Waals surface area contributed by atoms with E-state index in [2.05, 4.69) is 20.0 Å². The van der Waals surface area contributed by atoms with Crippen LogP contribution >= 0.6 is 0 Å². The van der Waals surface area contributed by atoms with Gasteiger partial charge in [0.05, 0.1) is 13.2 Å². The number of halogens is 2. The number of anilines is 1. The molecule has 2 aliphatic rings. The van der Waals surface area contributed by atoms with Gasteiger partial charge < -0.3 is 9.64 Å². The third kappa shape index (κ3) is 4.03. The molecular weight excluding hydrogens is 380 g/mol. The molecule has 4 rings (SSSR count). The Balaban J connectivity index is 1.43. The minimum Gasteiger partial charge on any atom is -0.467 e. The van der Waals surface area contributed by atoms with Crippen LogP contribution in [0.15, 0.2) is 35.6 Å². The molecule has 1 amide bonds. The smallest absolute Gasteiger partial charge is 0.318 e. The van der Waals surface area contributed by atoms with Crippen LogP contribution < -0.4 is 9.64 Å². The van der Waals surface area contributed by atoms with Gasteiger partial charge in [-0.2, -0.15) is 10.1 Å². The summed E-state index contributed by atoms with van der Waals surface area (Å²) in [6.07, 6.45) is 4.98. The minimum atomic E-state index is -0.659. The van der Waals surface area contributed by atoms with Crippen molar-refractivity contribution >= 4 is 17.9 Å². The maximum absolute atomic E-state index is 13.6. The zero-order valence-corrected chi connectivity index (χ0v) is 16.0. The first-order valence-electron chi connectivity index (χ1n) is 9.48. The van der Waals surface area contributed by atoms with E-state index in [1.807, 2.05) is 6.07 Å². The van der Waals surface area contributed by atoms with Crippen molar-refractivity contribution in [1.82, 2.24) is 15.0 Å². The predicted molar refractivity (Wildman–Crippen MR) is 103 cm³/mol. The van der Waals surface area contributed by atoms with E-state index in [4.69, 9.17) is 4.74 Å². The lowest BCUT2D eigenvalue weighted by molar-refractivity contribution is -0.138. The summed E-state index contributed by atoms with van der Waals surface area (Å²) in [5, 5.41) is 5.57. The highest BCUT2D eigenvalue weighted by atomic mass is 19.1. The van der Waals surface area contributed by atoms with Gasteiger partial charge in [-0.05, 0) is 36.6 Å². The Morgan fingerprint density at radius 1 is 1.17 bits per heavy atom. The number of carbonyl (C=O) groups excluding carboxylic acids is 1. The number of carbonyl (C=O) groups is 1. The number of hydrogen-bond donors (Lipinski definition) is 0. The Morgan fingerprint density at radius 2 is 1.90 bits per heavy atom. The van der Waals surface area contributed by atoms with E-state index in [0.29, 0.717) is 43.9 Å². The molecule has 1 aromatic carbocycles. The van der Waals surface area contributed by atoms with Gasteiger partial charge in [-0.15, -0.1) is 0 Å². The molecule has 2 aliphatic heterocycles. The Labute approximate surface area is 167 Å². The van der Waals surface area contributed by atoms with Crippen molar-refractivity contribution in [3.63, 3.8) is 0 Å². The summed E-state index contributed by atoms with van der Waals surface area (Å²) in [5.41, 5.74) is 0.416. The maximum atomic E-state index is 13.6. The van der Waals surface area contributed by atoms with Crippen molar-refractivity contribution in [2.75, 3.05) is 25.1 Å². The van der Waals surface area contributed by atoms with Gasteiger partial charge in [0.15, 0.2) is 0 Å². The topological polar surface area (TPSA) is 70.9 Å². The molecular formula is C20H21F2N5O2. The Kier molecular flexibility index (Phi) is 5.37. The largest absolute Gasteiger partial charge is 0.467 e. The van der Waals surface area contributed by atoms with Crippen LogP contribution in [0.1, 0.15) is 30.9 Å². The standard InChI is InChI=1S/C20H21F2N5O2/c1-29-20-23-6-3-18(25-20)26-8-4-13(5-9-26)19(28)27-17(2-7-24-27)14-10-15(21)12-16(22)11-14/h3,6-7,10-13,17H,2,4-5,8-9H2,1H3/t17-/m0/s1. The minimum absolute atomic E-state index is 0.117. The zero-order valence-electron chi connectivity index (χ0n) is 16.0. The molecule has 2 aromatic rings. The molecule has 0 N–H and O–H groups in total. The maximum Gasteiger partial charge on any atom is 0.318 e. The number of benzene rings is 1. The molecule has 1 aromatic heterocycles. The molecule has 0 spiro atoms. The van der Waals surface area contributed by atoms with Gasteiger partial charge in [-0.25, -0.2) is 18.8 Å². The van der Waals surface area contributed by atoms with E-state index in [-0.39, 0.29) is 11.8 Å². The highest BCUT2D eigenvalue weighted by Gasteiger charge is 2.35. The predicted octanol–water partition coefficient (Wildman–Crippen LogP) is 2.94. The fraction of sp³-hybridized carbons (Fsp3) is 0.400. The molecule has 0 aliphatic carbocycles. The van der Waals surface area contributed by atoms with E-state index in [1.54, 1.807) is 12.4 Å². The molecule has 3 heterocycles. The van der Waals surface area contributed by atoms with E-state index < -0.39 is 17.7 Å². The van der Waals surface area contributed by atoms with Gasteiger partial charge in [0, 0.05) is 43.9 Å². The lowest BCUT2D eigenvalue weighted by Gasteiger charge is -2.34. The monoisotopic (exact) mass is 401 g/mol. The lowest BCUT2D eigenvalue weighted by Crippen LogP contribution is -2.41. The van der Waals surface area contributed by atoms with Crippen molar-refractivity contribution < 1.29 is 18.3 Å². The van der Waals surface area contributed by atoms with Crippen LogP contribution in [0, 0.1) is 17.6 Å². The van der Waals surface area contributed by atoms with Crippen LogP contribution in [0.4, 0.5) is 14.6 Å². The quantitative estimate of drug-likeness (QED) is 0.788. The average molecular weight is 401 g/mol. The molecule has 7 nitrogen and oxygen atoms in total. The van der Waals surface area contributed by atoms with Crippen molar-refractivity contribution in [3.8, 4) is 6.01 Å². The Morgan fingerprint density at radius 3 is 2.59 bits per heavy atom. The molecule has 0 unspecified atom stereocenters. The summed E-state index contributed by atoms with van der Waals surface area (Å²) in [6.45, 7) is 1.32. The number of nitrogens with zero attached hydrogens (tertiary/aromatic N) is 5. The number of methoxy groups -OCH3 is 1. The third-order valence-corrected chi connectivity index (χ3v) is 5.29. The summed E-state index contributed by atoms with van der Waals surface area (Å²) in [5.74, 6) is -0.879. The van der Waals surface area contributed by atoms with Crippen LogP contribution in [0.2, 0.25) is 0 Å². The summed E-state index contributed by atoms with van der Waals surface area (Å²) in [4.78, 5) is 23.5. The zero-order chi connectivity index (χ0) is 20.4. The number of aromatic nitrogens is 2. The first-order chi connectivity index (χ1) is 14.0. The first kappa shape index (κ1) is 19.2. The van der Waals surface area contributed by atoms with Gasteiger partial charge >= 0.3 is 6.01 Å².